The molecule has 6 atom stereocenters. The van der Waals surface area contributed by atoms with Crippen molar-refractivity contribution in [1.29, 1.82) is 0 Å². The maximum absolute atomic E-state index is 13.7. The molecular formula is C28H33NO10. The first-order valence-electron chi connectivity index (χ1n) is 12.9. The normalized spacial score (nSPS) is 30.1. The molecule has 2 aromatic carbocycles. The first-order valence-corrected chi connectivity index (χ1v) is 12.9. The first-order chi connectivity index (χ1) is 18.5. The molecule has 0 saturated carbocycles. The van der Waals surface area contributed by atoms with Crippen LogP contribution in [0.3, 0.4) is 0 Å². The molecule has 210 valence electrons. The molecule has 0 amide bonds. The summed E-state index contributed by atoms with van der Waals surface area (Å²) in [7, 11) is 1.49. The van der Waals surface area contributed by atoms with E-state index in [1.165, 1.54) is 25.3 Å². The van der Waals surface area contributed by atoms with Crippen LogP contribution in [-0.4, -0.2) is 81.0 Å². The molecule has 1 heterocycles. The van der Waals surface area contributed by atoms with Gasteiger partial charge in [-0.3, -0.25) is 9.59 Å². The number of hydrogen-bond donors (Lipinski definition) is 6. The van der Waals surface area contributed by atoms with Crippen LogP contribution in [0.2, 0.25) is 0 Å². The van der Waals surface area contributed by atoms with Crippen LogP contribution >= 0.6 is 0 Å². The molecule has 2 unspecified atom stereocenters. The molecule has 0 bridgehead atoms. The van der Waals surface area contributed by atoms with Crippen molar-refractivity contribution < 1.29 is 49.3 Å². The molecule has 7 N–H and O–H groups in total. The number of carbonyl (C=O) groups excluding carboxylic acids is 2. The predicted molar refractivity (Wildman–Crippen MR) is 136 cm³/mol. The molecule has 11 nitrogen and oxygen atoms in total. The van der Waals surface area contributed by atoms with Crippen molar-refractivity contribution >= 4 is 11.6 Å². The lowest BCUT2D eigenvalue weighted by atomic mass is 9.72. The molecule has 0 spiro atoms. The summed E-state index contributed by atoms with van der Waals surface area (Å²) in [6.07, 6.45) is -3.43. The van der Waals surface area contributed by atoms with Crippen molar-refractivity contribution in [1.82, 2.24) is 0 Å². The summed E-state index contributed by atoms with van der Waals surface area (Å²) in [5.74, 6) is -2.46. The second-order valence-corrected chi connectivity index (χ2v) is 10.6. The van der Waals surface area contributed by atoms with E-state index in [1.807, 2.05) is 0 Å². The number of aliphatic hydroxyl groups is 3. The molecule has 2 aliphatic carbocycles. The molecule has 5 rings (SSSR count). The van der Waals surface area contributed by atoms with Gasteiger partial charge in [0.05, 0.1) is 41.6 Å². The zero-order valence-corrected chi connectivity index (χ0v) is 21.7. The van der Waals surface area contributed by atoms with Gasteiger partial charge in [-0.15, -0.1) is 0 Å². The van der Waals surface area contributed by atoms with Crippen LogP contribution in [-0.2, 0) is 27.2 Å². The molecule has 1 fully saturated rings. The van der Waals surface area contributed by atoms with Gasteiger partial charge in [-0.25, -0.2) is 0 Å². The van der Waals surface area contributed by atoms with E-state index in [1.54, 1.807) is 6.92 Å². The van der Waals surface area contributed by atoms with E-state index in [2.05, 4.69) is 0 Å². The number of ether oxygens (including phenoxy) is 3. The minimum atomic E-state index is -1.45. The Morgan fingerprint density at radius 1 is 1.13 bits per heavy atom. The van der Waals surface area contributed by atoms with Gasteiger partial charge < -0.3 is 45.5 Å². The molecular weight excluding hydrogens is 510 g/mol. The summed E-state index contributed by atoms with van der Waals surface area (Å²) in [6.45, 7) is 1.33. The van der Waals surface area contributed by atoms with Crippen LogP contribution in [0.5, 0.6) is 11.5 Å². The topological polar surface area (TPSA) is 189 Å². The molecule has 3 aliphatic rings. The number of methoxy groups -OCH3 is 1. The Morgan fingerprint density at radius 3 is 2.51 bits per heavy atom. The second-order valence-electron chi connectivity index (χ2n) is 10.6. The van der Waals surface area contributed by atoms with Crippen molar-refractivity contribution in [3.63, 3.8) is 0 Å². The van der Waals surface area contributed by atoms with Crippen molar-refractivity contribution in [3.05, 3.63) is 57.1 Å². The summed E-state index contributed by atoms with van der Waals surface area (Å²) >= 11 is 0. The number of aromatic hydroxyl groups is 2. The van der Waals surface area contributed by atoms with Gasteiger partial charge in [0.25, 0.3) is 0 Å². The fourth-order valence-electron chi connectivity index (χ4n) is 6.01. The average molecular weight is 544 g/mol. The molecule has 11 heteroatoms. The zero-order valence-electron chi connectivity index (χ0n) is 21.7. The first kappa shape index (κ1) is 27.7. The summed E-state index contributed by atoms with van der Waals surface area (Å²) in [4.78, 5) is 27.2. The number of aliphatic hydroxyl groups excluding tert-OH is 2. The molecule has 39 heavy (non-hydrogen) atoms. The van der Waals surface area contributed by atoms with E-state index in [4.69, 9.17) is 19.9 Å². The number of ketones is 2. The standard InChI is InChI=1S/C28H33NO10/c1-12-23(31)16(29)8-18(38-12)39-17-10-28(36,6-7-37-2)9-15-20(17)27(35)22-21(25(15)33)24(32)14-5-3-4-13(11-30)19(14)26(22)34/h3-5,12,16-18,23,30-31,33,35-36H,6-11,29H2,1-2H3/t12?,16?,17-,18-,23+,28-/m0/s1. The predicted octanol–water partition coefficient (Wildman–Crippen LogP) is 0.960. The van der Waals surface area contributed by atoms with Crippen molar-refractivity contribution in [2.45, 2.75) is 75.5 Å². The SMILES string of the molecule is COCC[C@]1(O)Cc2c(O)c3c(c(O)c2[C@@H](O[C@H]2CC(N)[C@H](O)C(C)O2)C1)C(=O)c1c(CO)cccc1C3=O. The maximum atomic E-state index is 13.7. The molecule has 1 aliphatic heterocycles. The van der Waals surface area contributed by atoms with Crippen molar-refractivity contribution in [2.24, 2.45) is 5.73 Å². The number of fused-ring (bicyclic) bond motifs is 3. The van der Waals surface area contributed by atoms with Crippen molar-refractivity contribution in [3.8, 4) is 11.5 Å². The van der Waals surface area contributed by atoms with Gasteiger partial charge in [0.15, 0.2) is 17.9 Å². The molecule has 2 aromatic rings. The largest absolute Gasteiger partial charge is 0.507 e. The third kappa shape index (κ3) is 4.53. The highest BCUT2D eigenvalue weighted by molar-refractivity contribution is 6.31. The van der Waals surface area contributed by atoms with E-state index in [0.717, 1.165) is 0 Å². The molecule has 1 saturated heterocycles. The third-order valence-electron chi connectivity index (χ3n) is 8.07. The van der Waals surface area contributed by atoms with Gasteiger partial charge in [0.2, 0.25) is 0 Å². The Bertz CT molecular complexity index is 1310. The van der Waals surface area contributed by atoms with Crippen LogP contribution < -0.4 is 5.73 Å². The fourth-order valence-corrected chi connectivity index (χ4v) is 6.01. The summed E-state index contributed by atoms with van der Waals surface area (Å²) < 4.78 is 17.1. The van der Waals surface area contributed by atoms with E-state index in [9.17, 15) is 35.1 Å². The van der Waals surface area contributed by atoms with Gasteiger partial charge in [-0.2, -0.15) is 0 Å². The number of benzene rings is 2. The van der Waals surface area contributed by atoms with Crippen LogP contribution in [0.1, 0.15) is 80.8 Å². The highest BCUT2D eigenvalue weighted by atomic mass is 16.7. The lowest BCUT2D eigenvalue weighted by molar-refractivity contribution is -0.248. The monoisotopic (exact) mass is 543 g/mol. The smallest absolute Gasteiger partial charge is 0.198 e. The Kier molecular flexibility index (Phi) is 7.27. The minimum absolute atomic E-state index is 0.00379. The lowest BCUT2D eigenvalue weighted by Gasteiger charge is -2.43. The highest BCUT2D eigenvalue weighted by Crippen LogP contribution is 2.52. The quantitative estimate of drug-likeness (QED) is 0.243. The van der Waals surface area contributed by atoms with Gasteiger partial charge in [-0.05, 0) is 18.9 Å². The number of phenols is 2. The average Bonchev–Trinajstić information content (AvgIpc) is 2.90. The lowest BCUT2D eigenvalue weighted by Crippen LogP contribution is -2.52. The van der Waals surface area contributed by atoms with Crippen LogP contribution in [0.25, 0.3) is 0 Å². The highest BCUT2D eigenvalue weighted by Gasteiger charge is 2.47. The molecule has 0 aromatic heterocycles. The van der Waals surface area contributed by atoms with Gasteiger partial charge in [0, 0.05) is 61.3 Å². The van der Waals surface area contributed by atoms with E-state index in [0.29, 0.717) is 0 Å². The van der Waals surface area contributed by atoms with Gasteiger partial charge >= 0.3 is 0 Å². The fraction of sp³-hybridized carbons (Fsp3) is 0.500. The van der Waals surface area contributed by atoms with Crippen LogP contribution in [0.15, 0.2) is 18.2 Å². The summed E-state index contributed by atoms with van der Waals surface area (Å²) in [5, 5.41) is 54.5. The summed E-state index contributed by atoms with van der Waals surface area (Å²) in [5.41, 5.74) is 4.19. The van der Waals surface area contributed by atoms with E-state index >= 15 is 0 Å². The minimum Gasteiger partial charge on any atom is -0.507 e. The Labute approximate surface area is 224 Å². The van der Waals surface area contributed by atoms with Crippen LogP contribution in [0, 0.1) is 0 Å². The third-order valence-corrected chi connectivity index (χ3v) is 8.07. The van der Waals surface area contributed by atoms with Crippen molar-refractivity contribution in [2.75, 3.05) is 13.7 Å². The van der Waals surface area contributed by atoms with E-state index < -0.39 is 65.9 Å². The number of carbonyl (C=O) groups is 2. The van der Waals surface area contributed by atoms with Crippen LogP contribution in [0.4, 0.5) is 0 Å². The van der Waals surface area contributed by atoms with Gasteiger partial charge in [0.1, 0.15) is 11.5 Å². The number of rotatable bonds is 6. The Morgan fingerprint density at radius 2 is 1.85 bits per heavy atom. The Balaban J connectivity index is 1.65. The number of hydrogen-bond acceptors (Lipinski definition) is 11. The molecule has 0 radical (unpaired) electrons. The van der Waals surface area contributed by atoms with E-state index in [-0.39, 0.29) is 71.2 Å². The number of nitrogens with two attached hydrogens (primary N) is 1. The van der Waals surface area contributed by atoms with Gasteiger partial charge in [-0.1, -0.05) is 18.2 Å². The Hall–Kier alpha value is -2.90. The zero-order chi connectivity index (χ0) is 28.2. The number of phenolic OH excluding ortho intramolecular Hbond substituents is 2. The maximum Gasteiger partial charge on any atom is 0.198 e. The second kappa shape index (κ2) is 10.3. The summed E-state index contributed by atoms with van der Waals surface area (Å²) in [6, 6.07) is 3.81.